The summed E-state index contributed by atoms with van der Waals surface area (Å²) in [5.41, 5.74) is 0.352. The van der Waals surface area contributed by atoms with Crippen LogP contribution in [0.15, 0.2) is 18.2 Å². The van der Waals surface area contributed by atoms with Gasteiger partial charge in [0.15, 0.2) is 6.10 Å². The topological polar surface area (TPSA) is 75.7 Å². The zero-order valence-electron chi connectivity index (χ0n) is 13.4. The summed E-state index contributed by atoms with van der Waals surface area (Å²) in [6.07, 6.45) is 2.00. The first-order chi connectivity index (χ1) is 10.7. The highest BCUT2D eigenvalue weighted by Gasteiger charge is 2.35. The second-order valence-electron chi connectivity index (χ2n) is 5.71. The molecule has 0 saturated carbocycles. The molecule has 0 bridgehead atoms. The smallest absolute Gasteiger partial charge is 0.263 e. The fourth-order valence-electron chi connectivity index (χ4n) is 2.52. The van der Waals surface area contributed by atoms with Gasteiger partial charge < -0.3 is 10.1 Å². The van der Waals surface area contributed by atoms with Crippen molar-refractivity contribution in [1.29, 1.82) is 0 Å². The maximum absolute atomic E-state index is 12.3. The van der Waals surface area contributed by atoms with Crippen molar-refractivity contribution in [2.75, 3.05) is 17.1 Å². The Balaban J connectivity index is 2.27. The number of hydrogen-bond donors (Lipinski definition) is 1. The molecule has 23 heavy (non-hydrogen) atoms. The molecule has 0 saturated heterocycles. The molecule has 0 radical (unpaired) electrons. The van der Waals surface area contributed by atoms with E-state index in [0.717, 1.165) is 23.4 Å². The zero-order chi connectivity index (χ0) is 17.2. The lowest BCUT2D eigenvalue weighted by atomic mass is 10.1. The summed E-state index contributed by atoms with van der Waals surface area (Å²) in [5, 5.41) is 3.26. The highest BCUT2D eigenvalue weighted by atomic mass is 35.5. The molecule has 1 aromatic carbocycles. The van der Waals surface area contributed by atoms with Crippen LogP contribution < -0.4 is 14.4 Å². The number of carbonyl (C=O) groups is 1. The summed E-state index contributed by atoms with van der Waals surface area (Å²) in [5.74, 6) is 0.00886. The molecule has 0 aromatic heterocycles. The summed E-state index contributed by atoms with van der Waals surface area (Å²) in [6, 6.07) is 4.70. The molecule has 1 aliphatic rings. The fraction of sp³-hybridized carbons (Fsp3) is 0.533. The Morgan fingerprint density at radius 1 is 1.52 bits per heavy atom. The van der Waals surface area contributed by atoms with E-state index in [1.807, 2.05) is 13.8 Å². The number of amides is 1. The molecule has 1 aliphatic heterocycles. The molecular weight excluding hydrogens is 340 g/mol. The summed E-state index contributed by atoms with van der Waals surface area (Å²) in [4.78, 5) is 12.3. The average Bonchev–Trinajstić information content (AvgIpc) is 2.45. The van der Waals surface area contributed by atoms with Crippen molar-refractivity contribution < 1.29 is 17.9 Å². The maximum atomic E-state index is 12.3. The van der Waals surface area contributed by atoms with Gasteiger partial charge in [0.25, 0.3) is 5.91 Å². The van der Waals surface area contributed by atoms with Crippen LogP contribution in [-0.2, 0) is 14.8 Å². The average molecular weight is 361 g/mol. The normalized spacial score (nSPS) is 18.8. The SMILES string of the molecule is CCC[C@H](C)NC(=O)[C@@H]1CN(S(C)(=O)=O)c2cc(Cl)ccc2O1. The minimum Gasteiger partial charge on any atom is -0.476 e. The van der Waals surface area contributed by atoms with Crippen molar-refractivity contribution in [2.24, 2.45) is 0 Å². The molecule has 2 rings (SSSR count). The summed E-state index contributed by atoms with van der Waals surface area (Å²) < 4.78 is 30.9. The Bertz CT molecular complexity index is 693. The Morgan fingerprint density at radius 2 is 2.22 bits per heavy atom. The zero-order valence-corrected chi connectivity index (χ0v) is 14.9. The number of sulfonamides is 1. The third-order valence-corrected chi connectivity index (χ3v) is 4.98. The third kappa shape index (κ3) is 4.29. The molecule has 0 aliphatic carbocycles. The predicted octanol–water partition coefficient (Wildman–Crippen LogP) is 2.17. The molecule has 0 spiro atoms. The van der Waals surface area contributed by atoms with Crippen LogP contribution >= 0.6 is 11.6 Å². The van der Waals surface area contributed by atoms with E-state index in [4.69, 9.17) is 16.3 Å². The standard InChI is InChI=1S/C15H21ClN2O4S/c1-4-5-10(2)17-15(19)14-9-18(23(3,20)21)12-8-11(16)6-7-13(12)22-14/h6-8,10,14H,4-5,9H2,1-3H3,(H,17,19)/t10-,14-/m0/s1. The number of hydrogen-bond acceptors (Lipinski definition) is 4. The largest absolute Gasteiger partial charge is 0.476 e. The van der Waals surface area contributed by atoms with Crippen molar-refractivity contribution in [3.05, 3.63) is 23.2 Å². The maximum Gasteiger partial charge on any atom is 0.263 e. The molecule has 6 nitrogen and oxygen atoms in total. The van der Waals surface area contributed by atoms with Gasteiger partial charge in [0.05, 0.1) is 18.5 Å². The quantitative estimate of drug-likeness (QED) is 0.873. The van der Waals surface area contributed by atoms with Crippen LogP contribution in [0.1, 0.15) is 26.7 Å². The Labute approximate surface area is 141 Å². The molecule has 128 valence electrons. The lowest BCUT2D eigenvalue weighted by molar-refractivity contribution is -0.128. The second kappa shape index (κ2) is 6.97. The van der Waals surface area contributed by atoms with E-state index >= 15 is 0 Å². The van der Waals surface area contributed by atoms with E-state index < -0.39 is 16.1 Å². The van der Waals surface area contributed by atoms with E-state index in [-0.39, 0.29) is 18.5 Å². The van der Waals surface area contributed by atoms with Crippen LogP contribution in [0.4, 0.5) is 5.69 Å². The highest BCUT2D eigenvalue weighted by Crippen LogP contribution is 2.37. The van der Waals surface area contributed by atoms with E-state index in [1.165, 1.54) is 6.07 Å². The van der Waals surface area contributed by atoms with Crippen molar-refractivity contribution in [2.45, 2.75) is 38.8 Å². The number of fused-ring (bicyclic) bond motifs is 1. The number of nitrogens with zero attached hydrogens (tertiary/aromatic N) is 1. The van der Waals surface area contributed by atoms with Gasteiger partial charge in [-0.15, -0.1) is 0 Å². The van der Waals surface area contributed by atoms with E-state index in [0.29, 0.717) is 16.5 Å². The molecule has 0 fully saturated rings. The first-order valence-electron chi connectivity index (χ1n) is 7.46. The number of nitrogens with one attached hydrogen (secondary N) is 1. The van der Waals surface area contributed by atoms with E-state index in [1.54, 1.807) is 12.1 Å². The van der Waals surface area contributed by atoms with Crippen LogP contribution in [0.2, 0.25) is 5.02 Å². The van der Waals surface area contributed by atoms with Gasteiger partial charge in [-0.1, -0.05) is 24.9 Å². The van der Waals surface area contributed by atoms with Crippen LogP contribution in [0, 0.1) is 0 Å². The van der Waals surface area contributed by atoms with Gasteiger partial charge in [0.2, 0.25) is 10.0 Å². The molecule has 8 heteroatoms. The molecule has 1 aromatic rings. The minimum absolute atomic E-state index is 0.00870. The van der Waals surface area contributed by atoms with Crippen molar-refractivity contribution in [1.82, 2.24) is 5.32 Å². The first kappa shape index (κ1) is 17.9. The predicted molar refractivity (Wildman–Crippen MR) is 90.6 cm³/mol. The number of rotatable bonds is 5. The minimum atomic E-state index is -3.55. The van der Waals surface area contributed by atoms with Gasteiger partial charge in [0, 0.05) is 11.1 Å². The second-order valence-corrected chi connectivity index (χ2v) is 8.05. The lowest BCUT2D eigenvalue weighted by Gasteiger charge is -2.34. The highest BCUT2D eigenvalue weighted by molar-refractivity contribution is 7.92. The summed E-state index contributed by atoms with van der Waals surface area (Å²) in [6.45, 7) is 3.87. The number of halogens is 1. The molecule has 1 heterocycles. The monoisotopic (exact) mass is 360 g/mol. The van der Waals surface area contributed by atoms with Crippen LogP contribution in [0.5, 0.6) is 5.75 Å². The number of carbonyl (C=O) groups excluding carboxylic acids is 1. The van der Waals surface area contributed by atoms with Gasteiger partial charge in [0.1, 0.15) is 5.75 Å². The van der Waals surface area contributed by atoms with Crippen LogP contribution in [0.25, 0.3) is 0 Å². The third-order valence-electron chi connectivity index (χ3n) is 3.59. The molecule has 0 unspecified atom stereocenters. The fourth-order valence-corrected chi connectivity index (χ4v) is 3.59. The molecular formula is C15H21ClN2O4S. The summed E-state index contributed by atoms with van der Waals surface area (Å²) in [7, 11) is -3.55. The van der Waals surface area contributed by atoms with Crippen molar-refractivity contribution in [3.8, 4) is 5.75 Å². The van der Waals surface area contributed by atoms with Crippen LogP contribution in [0.3, 0.4) is 0 Å². The van der Waals surface area contributed by atoms with Gasteiger partial charge in [-0.05, 0) is 31.5 Å². The number of benzene rings is 1. The lowest BCUT2D eigenvalue weighted by Crippen LogP contribution is -2.52. The van der Waals surface area contributed by atoms with Crippen molar-refractivity contribution in [3.63, 3.8) is 0 Å². The Morgan fingerprint density at radius 3 is 2.83 bits per heavy atom. The number of anilines is 1. The van der Waals surface area contributed by atoms with Gasteiger partial charge in [-0.2, -0.15) is 0 Å². The van der Waals surface area contributed by atoms with Gasteiger partial charge in [-0.3, -0.25) is 9.10 Å². The van der Waals surface area contributed by atoms with Crippen molar-refractivity contribution >= 4 is 33.2 Å². The number of ether oxygens (including phenoxy) is 1. The summed E-state index contributed by atoms with van der Waals surface area (Å²) >= 11 is 5.94. The van der Waals surface area contributed by atoms with Gasteiger partial charge >= 0.3 is 0 Å². The Kier molecular flexibility index (Phi) is 5.41. The van der Waals surface area contributed by atoms with E-state index in [9.17, 15) is 13.2 Å². The molecule has 1 amide bonds. The Hall–Kier alpha value is -1.47. The molecule has 1 N–H and O–H groups in total. The molecule has 2 atom stereocenters. The van der Waals surface area contributed by atoms with Gasteiger partial charge in [-0.25, -0.2) is 8.42 Å². The van der Waals surface area contributed by atoms with Crippen LogP contribution in [-0.4, -0.2) is 39.3 Å². The van der Waals surface area contributed by atoms with E-state index in [2.05, 4.69) is 5.32 Å². The first-order valence-corrected chi connectivity index (χ1v) is 9.69.